The minimum Gasteiger partial charge on any atom is -0.314 e. The van der Waals surface area contributed by atoms with Crippen LogP contribution in [0.4, 0.5) is 4.39 Å². The highest BCUT2D eigenvalue weighted by Gasteiger charge is 2.13. The lowest BCUT2D eigenvalue weighted by Gasteiger charge is -2.11. The van der Waals surface area contributed by atoms with Crippen LogP contribution in [0.3, 0.4) is 0 Å². The van der Waals surface area contributed by atoms with Gasteiger partial charge in [0, 0.05) is 11.1 Å². The van der Waals surface area contributed by atoms with Crippen molar-refractivity contribution in [1.82, 2.24) is 5.32 Å². The van der Waals surface area contributed by atoms with Crippen molar-refractivity contribution in [2.24, 2.45) is 0 Å². The summed E-state index contributed by atoms with van der Waals surface area (Å²) in [7, 11) is 0. The van der Waals surface area contributed by atoms with Gasteiger partial charge in [-0.1, -0.05) is 24.4 Å². The first kappa shape index (κ1) is 12.8. The first-order valence-electron chi connectivity index (χ1n) is 6.43. The van der Waals surface area contributed by atoms with Gasteiger partial charge < -0.3 is 5.32 Å². The summed E-state index contributed by atoms with van der Waals surface area (Å²) in [4.78, 5) is 0. The Labute approximate surface area is 107 Å². The molecular formula is C14H19ClFN. The molecule has 0 radical (unpaired) electrons. The van der Waals surface area contributed by atoms with Crippen molar-refractivity contribution >= 4 is 11.6 Å². The fourth-order valence-corrected chi connectivity index (χ4v) is 2.64. The van der Waals surface area contributed by atoms with Gasteiger partial charge in [0.2, 0.25) is 0 Å². The summed E-state index contributed by atoms with van der Waals surface area (Å²) in [6.45, 7) is 0.969. The van der Waals surface area contributed by atoms with E-state index in [2.05, 4.69) is 5.32 Å². The number of hydrogen-bond acceptors (Lipinski definition) is 1. The van der Waals surface area contributed by atoms with Gasteiger partial charge >= 0.3 is 0 Å². The van der Waals surface area contributed by atoms with Crippen LogP contribution in [0.2, 0.25) is 5.02 Å². The third-order valence-electron chi connectivity index (χ3n) is 3.42. The standard InChI is InChI=1S/C14H19ClFN/c15-12-7-8-14(16)11(10-12)4-3-9-17-13-5-1-2-6-13/h7-8,10,13,17H,1-6,9H2. The van der Waals surface area contributed by atoms with Crippen LogP contribution < -0.4 is 5.32 Å². The monoisotopic (exact) mass is 255 g/mol. The molecule has 3 heteroatoms. The van der Waals surface area contributed by atoms with Crippen LogP contribution in [0.25, 0.3) is 0 Å². The minimum atomic E-state index is -0.143. The predicted molar refractivity (Wildman–Crippen MR) is 70.0 cm³/mol. The number of hydrogen-bond donors (Lipinski definition) is 1. The molecule has 0 unspecified atom stereocenters. The zero-order valence-electron chi connectivity index (χ0n) is 10.0. The number of aryl methyl sites for hydroxylation is 1. The lowest BCUT2D eigenvalue weighted by atomic mass is 10.1. The number of rotatable bonds is 5. The average Bonchev–Trinajstić information content (AvgIpc) is 2.82. The summed E-state index contributed by atoms with van der Waals surface area (Å²) in [6, 6.07) is 5.46. The van der Waals surface area contributed by atoms with E-state index in [1.807, 2.05) is 0 Å². The Kier molecular flexibility index (Phi) is 4.81. The minimum absolute atomic E-state index is 0.143. The highest BCUT2D eigenvalue weighted by molar-refractivity contribution is 6.30. The van der Waals surface area contributed by atoms with E-state index in [-0.39, 0.29) is 5.82 Å². The molecule has 1 nitrogen and oxygen atoms in total. The van der Waals surface area contributed by atoms with Crippen LogP contribution in [0.5, 0.6) is 0 Å². The normalized spacial score (nSPS) is 16.6. The Balaban J connectivity index is 1.72. The topological polar surface area (TPSA) is 12.0 Å². The average molecular weight is 256 g/mol. The van der Waals surface area contributed by atoms with Crippen LogP contribution >= 0.6 is 11.6 Å². The lowest BCUT2D eigenvalue weighted by molar-refractivity contribution is 0.511. The van der Waals surface area contributed by atoms with Crippen molar-refractivity contribution in [2.75, 3.05) is 6.54 Å². The molecule has 0 aromatic heterocycles. The fraction of sp³-hybridized carbons (Fsp3) is 0.571. The molecule has 0 heterocycles. The van der Waals surface area contributed by atoms with Crippen molar-refractivity contribution in [2.45, 2.75) is 44.6 Å². The molecule has 1 aromatic carbocycles. The zero-order chi connectivity index (χ0) is 12.1. The van der Waals surface area contributed by atoms with Gasteiger partial charge in [-0.2, -0.15) is 0 Å². The number of benzene rings is 1. The molecule has 17 heavy (non-hydrogen) atoms. The van der Waals surface area contributed by atoms with Crippen LogP contribution in [0.15, 0.2) is 18.2 Å². The molecule has 1 N–H and O–H groups in total. The second kappa shape index (κ2) is 6.36. The third kappa shape index (κ3) is 3.97. The number of halogens is 2. The summed E-state index contributed by atoms with van der Waals surface area (Å²) in [6.07, 6.45) is 7.01. The Morgan fingerprint density at radius 1 is 1.29 bits per heavy atom. The molecule has 0 atom stereocenters. The summed E-state index contributed by atoms with van der Waals surface area (Å²) in [5.74, 6) is -0.143. The highest BCUT2D eigenvalue weighted by atomic mass is 35.5. The summed E-state index contributed by atoms with van der Waals surface area (Å²) in [5.41, 5.74) is 0.728. The molecule has 1 saturated carbocycles. The summed E-state index contributed by atoms with van der Waals surface area (Å²) in [5, 5.41) is 4.15. The maximum atomic E-state index is 13.4. The van der Waals surface area contributed by atoms with E-state index in [1.165, 1.54) is 31.7 Å². The van der Waals surface area contributed by atoms with E-state index in [9.17, 15) is 4.39 Å². The van der Waals surface area contributed by atoms with Gasteiger partial charge in [-0.05, 0) is 56.0 Å². The van der Waals surface area contributed by atoms with Gasteiger partial charge in [-0.15, -0.1) is 0 Å². The molecule has 0 aliphatic heterocycles. The largest absolute Gasteiger partial charge is 0.314 e. The van der Waals surface area contributed by atoms with E-state index >= 15 is 0 Å². The summed E-state index contributed by atoms with van der Waals surface area (Å²) < 4.78 is 13.4. The third-order valence-corrected chi connectivity index (χ3v) is 3.65. The molecule has 2 rings (SSSR count). The fourth-order valence-electron chi connectivity index (χ4n) is 2.45. The smallest absolute Gasteiger partial charge is 0.126 e. The van der Waals surface area contributed by atoms with E-state index < -0.39 is 0 Å². The van der Waals surface area contributed by atoms with Crippen LogP contribution in [0.1, 0.15) is 37.7 Å². The molecule has 0 amide bonds. The van der Waals surface area contributed by atoms with E-state index in [1.54, 1.807) is 12.1 Å². The quantitative estimate of drug-likeness (QED) is 0.786. The van der Waals surface area contributed by atoms with E-state index in [4.69, 9.17) is 11.6 Å². The van der Waals surface area contributed by atoms with Crippen molar-refractivity contribution in [1.29, 1.82) is 0 Å². The van der Waals surface area contributed by atoms with Gasteiger partial charge in [0.1, 0.15) is 5.82 Å². The lowest BCUT2D eigenvalue weighted by Crippen LogP contribution is -2.27. The van der Waals surface area contributed by atoms with E-state index in [0.29, 0.717) is 11.1 Å². The van der Waals surface area contributed by atoms with Gasteiger partial charge in [-0.3, -0.25) is 0 Å². The second-order valence-electron chi connectivity index (χ2n) is 4.77. The number of nitrogens with one attached hydrogen (secondary N) is 1. The Bertz CT molecular complexity index is 361. The van der Waals surface area contributed by atoms with Gasteiger partial charge in [0.25, 0.3) is 0 Å². The Morgan fingerprint density at radius 3 is 2.82 bits per heavy atom. The molecular weight excluding hydrogens is 237 g/mol. The SMILES string of the molecule is Fc1ccc(Cl)cc1CCCNC1CCCC1. The van der Waals surface area contributed by atoms with E-state index in [0.717, 1.165) is 24.9 Å². The molecule has 0 bridgehead atoms. The second-order valence-corrected chi connectivity index (χ2v) is 5.21. The molecule has 1 aliphatic carbocycles. The molecule has 1 aromatic rings. The van der Waals surface area contributed by atoms with Crippen LogP contribution in [0, 0.1) is 5.82 Å². The van der Waals surface area contributed by atoms with Crippen molar-refractivity contribution < 1.29 is 4.39 Å². The Hall–Kier alpha value is -0.600. The highest BCUT2D eigenvalue weighted by Crippen LogP contribution is 2.18. The molecule has 0 saturated heterocycles. The Morgan fingerprint density at radius 2 is 2.06 bits per heavy atom. The van der Waals surface area contributed by atoms with Crippen molar-refractivity contribution in [3.05, 3.63) is 34.6 Å². The maximum Gasteiger partial charge on any atom is 0.126 e. The van der Waals surface area contributed by atoms with Crippen molar-refractivity contribution in [3.8, 4) is 0 Å². The molecule has 1 fully saturated rings. The van der Waals surface area contributed by atoms with Crippen LogP contribution in [-0.2, 0) is 6.42 Å². The van der Waals surface area contributed by atoms with Gasteiger partial charge in [0.05, 0.1) is 0 Å². The van der Waals surface area contributed by atoms with Crippen LogP contribution in [-0.4, -0.2) is 12.6 Å². The first-order chi connectivity index (χ1) is 8.25. The molecule has 94 valence electrons. The molecule has 1 aliphatic rings. The maximum absolute atomic E-state index is 13.4. The first-order valence-corrected chi connectivity index (χ1v) is 6.81. The zero-order valence-corrected chi connectivity index (χ0v) is 10.8. The van der Waals surface area contributed by atoms with Crippen molar-refractivity contribution in [3.63, 3.8) is 0 Å². The molecule has 0 spiro atoms. The summed E-state index contributed by atoms with van der Waals surface area (Å²) >= 11 is 5.85. The van der Waals surface area contributed by atoms with Gasteiger partial charge in [0.15, 0.2) is 0 Å². The van der Waals surface area contributed by atoms with Gasteiger partial charge in [-0.25, -0.2) is 4.39 Å². The predicted octanol–water partition coefficient (Wildman–Crippen LogP) is 3.94.